The average molecular weight is 385 g/mol. The Morgan fingerprint density at radius 3 is 2.66 bits per heavy atom. The topological polar surface area (TPSA) is 77.4 Å². The summed E-state index contributed by atoms with van der Waals surface area (Å²) in [6.45, 7) is 4.37. The van der Waals surface area contributed by atoms with Crippen LogP contribution in [0.3, 0.4) is 0 Å². The van der Waals surface area contributed by atoms with Crippen LogP contribution in [-0.2, 0) is 6.54 Å². The Kier molecular flexibility index (Phi) is 4.83. The van der Waals surface area contributed by atoms with Crippen molar-refractivity contribution in [2.24, 2.45) is 0 Å². The van der Waals surface area contributed by atoms with Crippen LogP contribution in [0, 0.1) is 31.0 Å². The number of hydrogen-bond donors (Lipinski definition) is 2. The average Bonchev–Trinajstić information content (AvgIpc) is 3.10. The molecule has 0 aliphatic rings. The summed E-state index contributed by atoms with van der Waals surface area (Å²) < 4.78 is 15.1. The van der Waals surface area contributed by atoms with Gasteiger partial charge in [0.15, 0.2) is 0 Å². The van der Waals surface area contributed by atoms with Crippen molar-refractivity contribution in [3.63, 3.8) is 0 Å². The lowest BCUT2D eigenvalue weighted by atomic mass is 9.92. The van der Waals surface area contributed by atoms with E-state index in [9.17, 15) is 5.26 Å². The van der Waals surface area contributed by atoms with E-state index in [0.717, 1.165) is 39.0 Å². The molecule has 29 heavy (non-hydrogen) atoms. The largest absolute Gasteiger partial charge is 0.316 e. The van der Waals surface area contributed by atoms with Crippen molar-refractivity contribution in [3.05, 3.63) is 70.8 Å². The van der Waals surface area contributed by atoms with Crippen molar-refractivity contribution in [2.75, 3.05) is 7.05 Å². The van der Waals surface area contributed by atoms with Gasteiger partial charge in [-0.3, -0.25) is 10.1 Å². The first kappa shape index (κ1) is 18.8. The zero-order valence-electron chi connectivity index (χ0n) is 16.5. The zero-order chi connectivity index (χ0) is 20.5. The molecule has 2 heterocycles. The van der Waals surface area contributed by atoms with Gasteiger partial charge in [-0.05, 0) is 62.4 Å². The molecule has 0 fully saturated rings. The molecular formula is C23H20FN5. The fourth-order valence-electron chi connectivity index (χ4n) is 3.65. The molecule has 2 N–H and O–H groups in total. The third-order valence-electron chi connectivity index (χ3n) is 5.00. The van der Waals surface area contributed by atoms with Gasteiger partial charge in [-0.15, -0.1) is 0 Å². The molecule has 0 saturated carbocycles. The normalized spacial score (nSPS) is 11.0. The highest BCUT2D eigenvalue weighted by Gasteiger charge is 2.18. The van der Waals surface area contributed by atoms with Crippen molar-refractivity contribution < 1.29 is 4.39 Å². The summed E-state index contributed by atoms with van der Waals surface area (Å²) in [4.78, 5) is 4.34. The number of fused-ring (bicyclic) bond motifs is 1. The smallest absolute Gasteiger partial charge is 0.131 e. The van der Waals surface area contributed by atoms with E-state index in [1.165, 1.54) is 6.07 Å². The van der Waals surface area contributed by atoms with Crippen LogP contribution in [0.15, 0.2) is 42.6 Å². The number of nitriles is 1. The molecule has 0 atom stereocenters. The van der Waals surface area contributed by atoms with Gasteiger partial charge in [0.25, 0.3) is 0 Å². The van der Waals surface area contributed by atoms with E-state index < -0.39 is 0 Å². The van der Waals surface area contributed by atoms with Gasteiger partial charge in [0.2, 0.25) is 0 Å². The number of H-pyrrole nitrogens is 1. The molecule has 0 unspecified atom stereocenters. The zero-order valence-corrected chi connectivity index (χ0v) is 16.5. The lowest BCUT2D eigenvalue weighted by molar-refractivity contribution is 0.626. The summed E-state index contributed by atoms with van der Waals surface area (Å²) in [5.74, 6) is -0.340. The highest BCUT2D eigenvalue weighted by Crippen LogP contribution is 2.36. The van der Waals surface area contributed by atoms with Gasteiger partial charge < -0.3 is 5.32 Å². The first-order valence-electron chi connectivity index (χ1n) is 9.31. The maximum absolute atomic E-state index is 15.1. The molecule has 0 saturated heterocycles. The Morgan fingerprint density at radius 2 is 2.00 bits per heavy atom. The molecule has 6 heteroatoms. The van der Waals surface area contributed by atoms with Gasteiger partial charge in [0.05, 0.1) is 17.1 Å². The Morgan fingerprint density at radius 1 is 1.17 bits per heavy atom. The molecule has 0 amide bonds. The SMILES string of the molecule is CNCc1cc(C)c(-c2cc3c(-c4ccc(C)nc4)n[nH]c3cc2C#N)c(F)c1. The Labute approximate surface area is 168 Å². The van der Waals surface area contributed by atoms with Crippen molar-refractivity contribution in [2.45, 2.75) is 20.4 Å². The van der Waals surface area contributed by atoms with Crippen LogP contribution in [-0.4, -0.2) is 22.2 Å². The van der Waals surface area contributed by atoms with Crippen LogP contribution in [0.4, 0.5) is 4.39 Å². The number of rotatable bonds is 4. The quantitative estimate of drug-likeness (QED) is 0.537. The van der Waals surface area contributed by atoms with E-state index in [1.807, 2.05) is 45.2 Å². The number of pyridine rings is 1. The molecule has 0 spiro atoms. The molecule has 5 nitrogen and oxygen atoms in total. The van der Waals surface area contributed by atoms with Crippen molar-refractivity contribution in [1.29, 1.82) is 5.26 Å². The van der Waals surface area contributed by atoms with Crippen LogP contribution in [0.5, 0.6) is 0 Å². The summed E-state index contributed by atoms with van der Waals surface area (Å²) in [6.07, 6.45) is 1.77. The highest BCUT2D eigenvalue weighted by atomic mass is 19.1. The monoisotopic (exact) mass is 385 g/mol. The lowest BCUT2D eigenvalue weighted by Crippen LogP contribution is -2.06. The fourth-order valence-corrected chi connectivity index (χ4v) is 3.65. The van der Waals surface area contributed by atoms with E-state index in [4.69, 9.17) is 0 Å². The molecule has 2 aromatic carbocycles. The maximum atomic E-state index is 15.1. The highest BCUT2D eigenvalue weighted by molar-refractivity contribution is 5.97. The van der Waals surface area contributed by atoms with E-state index >= 15 is 4.39 Å². The minimum absolute atomic E-state index is 0.340. The van der Waals surface area contributed by atoms with Gasteiger partial charge in [-0.2, -0.15) is 10.4 Å². The van der Waals surface area contributed by atoms with Gasteiger partial charge in [0.1, 0.15) is 11.5 Å². The van der Waals surface area contributed by atoms with Crippen LogP contribution in [0.2, 0.25) is 0 Å². The van der Waals surface area contributed by atoms with Gasteiger partial charge in [-0.1, -0.05) is 6.07 Å². The summed E-state index contributed by atoms with van der Waals surface area (Å²) in [5, 5.41) is 20.9. The predicted molar refractivity (Wildman–Crippen MR) is 112 cm³/mol. The number of nitrogens with zero attached hydrogens (tertiary/aromatic N) is 3. The van der Waals surface area contributed by atoms with Crippen LogP contribution < -0.4 is 5.32 Å². The van der Waals surface area contributed by atoms with Gasteiger partial charge >= 0.3 is 0 Å². The number of aromatic amines is 1. The van der Waals surface area contributed by atoms with E-state index in [0.29, 0.717) is 23.2 Å². The maximum Gasteiger partial charge on any atom is 0.131 e. The Bertz CT molecular complexity index is 1230. The first-order valence-corrected chi connectivity index (χ1v) is 9.31. The van der Waals surface area contributed by atoms with E-state index in [1.54, 1.807) is 12.3 Å². The summed E-state index contributed by atoms with van der Waals surface area (Å²) in [7, 11) is 1.82. The fraction of sp³-hybridized carbons (Fsp3) is 0.174. The van der Waals surface area contributed by atoms with Crippen molar-refractivity contribution in [3.8, 4) is 28.5 Å². The summed E-state index contributed by atoms with van der Waals surface area (Å²) >= 11 is 0. The molecule has 0 aliphatic carbocycles. The van der Waals surface area contributed by atoms with Gasteiger partial charge in [0, 0.05) is 40.5 Å². The third-order valence-corrected chi connectivity index (χ3v) is 5.00. The van der Waals surface area contributed by atoms with Crippen molar-refractivity contribution in [1.82, 2.24) is 20.5 Å². The number of aryl methyl sites for hydroxylation is 2. The summed E-state index contributed by atoms with van der Waals surface area (Å²) in [5.41, 5.74) is 6.28. The van der Waals surface area contributed by atoms with Crippen LogP contribution in [0.1, 0.15) is 22.4 Å². The molecule has 0 aliphatic heterocycles. The standard InChI is InChI=1S/C23H20FN5/c1-13-6-15(11-26-3)7-20(24)22(13)18-9-19-21(8-17(18)10-25)28-29-23(19)16-5-4-14(2)27-12-16/h4-9,12,26H,11H2,1-3H3,(H,28,29). The van der Waals surface area contributed by atoms with Crippen molar-refractivity contribution >= 4 is 10.9 Å². The van der Waals surface area contributed by atoms with E-state index in [2.05, 4.69) is 26.6 Å². The predicted octanol–water partition coefficient (Wildman–Crippen LogP) is 4.64. The molecular weight excluding hydrogens is 365 g/mol. The summed E-state index contributed by atoms with van der Waals surface area (Å²) in [6, 6.07) is 13.1. The Hall–Kier alpha value is -3.56. The molecule has 144 valence electrons. The number of benzene rings is 2. The second-order valence-electron chi connectivity index (χ2n) is 7.12. The number of hydrogen-bond acceptors (Lipinski definition) is 4. The molecule has 4 aromatic rings. The van der Waals surface area contributed by atoms with E-state index in [-0.39, 0.29) is 5.82 Å². The first-order chi connectivity index (χ1) is 14.0. The molecule has 0 bridgehead atoms. The number of halogens is 1. The van der Waals surface area contributed by atoms with Gasteiger partial charge in [-0.25, -0.2) is 4.39 Å². The minimum Gasteiger partial charge on any atom is -0.316 e. The second kappa shape index (κ2) is 7.46. The molecule has 4 rings (SSSR count). The lowest BCUT2D eigenvalue weighted by Gasteiger charge is -2.12. The molecule has 0 radical (unpaired) electrons. The Balaban J connectivity index is 1.94. The van der Waals surface area contributed by atoms with Crippen LogP contribution >= 0.6 is 0 Å². The minimum atomic E-state index is -0.340. The number of aromatic nitrogens is 3. The molecule has 2 aromatic heterocycles. The second-order valence-corrected chi connectivity index (χ2v) is 7.12. The number of nitrogens with one attached hydrogen (secondary N) is 2. The third kappa shape index (κ3) is 3.37. The van der Waals surface area contributed by atoms with Crippen LogP contribution in [0.25, 0.3) is 33.3 Å².